The SMILES string of the molecule is CC[C@H](NC(=O)c1ccc(C)c(S(=O)(=O)Nc2cccc(C)c2C)c1)c1ccc(OC)c(C)c1. The molecule has 1 atom stereocenters. The predicted octanol–water partition coefficient (Wildman–Crippen LogP) is 5.61. The molecule has 3 aromatic rings. The summed E-state index contributed by atoms with van der Waals surface area (Å²) in [6.45, 7) is 9.46. The van der Waals surface area contributed by atoms with Gasteiger partial charge in [0.1, 0.15) is 5.75 Å². The van der Waals surface area contributed by atoms with Gasteiger partial charge in [0.25, 0.3) is 15.9 Å². The third-order valence-corrected chi connectivity index (χ3v) is 7.63. The van der Waals surface area contributed by atoms with E-state index in [0.717, 1.165) is 28.0 Å². The number of aryl methyl sites for hydroxylation is 3. The molecule has 6 nitrogen and oxygen atoms in total. The first-order chi connectivity index (χ1) is 16.1. The van der Waals surface area contributed by atoms with Crippen molar-refractivity contribution in [3.8, 4) is 5.75 Å². The van der Waals surface area contributed by atoms with E-state index in [1.54, 1.807) is 32.2 Å². The molecule has 0 bridgehead atoms. The van der Waals surface area contributed by atoms with Crippen LogP contribution in [0.1, 0.15) is 57.6 Å². The number of sulfonamides is 1. The zero-order valence-electron chi connectivity index (χ0n) is 20.5. The molecule has 34 heavy (non-hydrogen) atoms. The highest BCUT2D eigenvalue weighted by molar-refractivity contribution is 7.92. The Balaban J connectivity index is 1.87. The first-order valence-electron chi connectivity index (χ1n) is 11.2. The molecule has 1 amide bonds. The summed E-state index contributed by atoms with van der Waals surface area (Å²) in [4.78, 5) is 13.2. The van der Waals surface area contributed by atoms with Crippen LogP contribution in [0.15, 0.2) is 59.5 Å². The Kier molecular flexibility index (Phi) is 7.67. The van der Waals surface area contributed by atoms with Gasteiger partial charge in [0.2, 0.25) is 0 Å². The molecule has 0 unspecified atom stereocenters. The topological polar surface area (TPSA) is 84.5 Å². The lowest BCUT2D eigenvalue weighted by Crippen LogP contribution is -2.28. The highest BCUT2D eigenvalue weighted by Gasteiger charge is 2.22. The second kappa shape index (κ2) is 10.3. The number of rotatable bonds is 8. The molecule has 0 heterocycles. The molecule has 0 aliphatic rings. The van der Waals surface area contributed by atoms with Gasteiger partial charge in [-0.3, -0.25) is 9.52 Å². The summed E-state index contributed by atoms with van der Waals surface area (Å²) in [6, 6.07) is 15.8. The molecular weight excluding hydrogens is 448 g/mol. The van der Waals surface area contributed by atoms with Crippen LogP contribution in [0.2, 0.25) is 0 Å². The fourth-order valence-corrected chi connectivity index (χ4v) is 5.27. The first-order valence-corrected chi connectivity index (χ1v) is 12.7. The van der Waals surface area contributed by atoms with Crippen LogP contribution >= 0.6 is 0 Å². The van der Waals surface area contributed by atoms with Gasteiger partial charge in [-0.1, -0.05) is 37.3 Å². The molecule has 0 radical (unpaired) electrons. The molecule has 0 aromatic heterocycles. The van der Waals surface area contributed by atoms with Gasteiger partial charge in [-0.25, -0.2) is 8.42 Å². The summed E-state index contributed by atoms with van der Waals surface area (Å²) < 4.78 is 34.4. The van der Waals surface area contributed by atoms with Gasteiger partial charge in [-0.05, 0) is 86.2 Å². The molecule has 180 valence electrons. The summed E-state index contributed by atoms with van der Waals surface area (Å²) in [6.07, 6.45) is 0.683. The van der Waals surface area contributed by atoms with Gasteiger partial charge < -0.3 is 10.1 Å². The van der Waals surface area contributed by atoms with E-state index in [1.807, 2.05) is 58.0 Å². The number of methoxy groups -OCH3 is 1. The highest BCUT2D eigenvalue weighted by Crippen LogP contribution is 2.26. The third-order valence-electron chi connectivity index (χ3n) is 6.12. The van der Waals surface area contributed by atoms with Crippen molar-refractivity contribution in [2.75, 3.05) is 11.8 Å². The Morgan fingerprint density at radius 3 is 2.32 bits per heavy atom. The van der Waals surface area contributed by atoms with E-state index in [9.17, 15) is 13.2 Å². The minimum atomic E-state index is -3.88. The molecule has 7 heteroatoms. The van der Waals surface area contributed by atoms with E-state index in [0.29, 0.717) is 17.7 Å². The summed E-state index contributed by atoms with van der Waals surface area (Å²) in [7, 11) is -2.26. The lowest BCUT2D eigenvalue weighted by atomic mass is 10.0. The Morgan fingerprint density at radius 2 is 1.68 bits per heavy atom. The van der Waals surface area contributed by atoms with Gasteiger partial charge in [-0.2, -0.15) is 0 Å². The van der Waals surface area contributed by atoms with Crippen molar-refractivity contribution in [2.24, 2.45) is 0 Å². The quantitative estimate of drug-likeness (QED) is 0.439. The van der Waals surface area contributed by atoms with Crippen LogP contribution in [0.5, 0.6) is 5.75 Å². The van der Waals surface area contributed by atoms with E-state index in [4.69, 9.17) is 4.74 Å². The number of ether oxygens (including phenoxy) is 1. The van der Waals surface area contributed by atoms with Crippen LogP contribution < -0.4 is 14.8 Å². The average Bonchev–Trinajstić information content (AvgIpc) is 2.80. The van der Waals surface area contributed by atoms with E-state index >= 15 is 0 Å². The molecule has 2 N–H and O–H groups in total. The standard InChI is InChI=1S/C27H32N2O4S/c1-7-23(21-13-14-25(33-6)19(4)15-21)28-27(30)22-12-11-18(3)26(16-22)34(31,32)29-24-10-8-9-17(2)20(24)5/h8-16,23,29H,7H2,1-6H3,(H,28,30)/t23-/m0/s1. The maximum absolute atomic E-state index is 13.2. The summed E-state index contributed by atoms with van der Waals surface area (Å²) in [5.74, 6) is 0.457. The molecule has 0 aliphatic carbocycles. The van der Waals surface area contributed by atoms with Crippen molar-refractivity contribution in [3.05, 3.63) is 88.0 Å². The molecule has 3 aromatic carbocycles. The number of hydrogen-bond donors (Lipinski definition) is 2. The number of carbonyl (C=O) groups is 1. The number of benzene rings is 3. The molecule has 0 spiro atoms. The zero-order valence-corrected chi connectivity index (χ0v) is 21.3. The minimum absolute atomic E-state index is 0.0781. The lowest BCUT2D eigenvalue weighted by molar-refractivity contribution is 0.0935. The maximum Gasteiger partial charge on any atom is 0.262 e. The minimum Gasteiger partial charge on any atom is -0.496 e. The van der Waals surface area contributed by atoms with Gasteiger partial charge in [0.05, 0.1) is 23.7 Å². The molecular formula is C27H32N2O4S. The normalized spacial score (nSPS) is 12.2. The van der Waals surface area contributed by atoms with Crippen molar-refractivity contribution in [1.82, 2.24) is 5.32 Å². The second-order valence-corrected chi connectivity index (χ2v) is 10.1. The lowest BCUT2D eigenvalue weighted by Gasteiger charge is -2.19. The molecule has 0 fully saturated rings. The first kappa shape index (κ1) is 25.3. The predicted molar refractivity (Wildman–Crippen MR) is 136 cm³/mol. The summed E-state index contributed by atoms with van der Waals surface area (Å²) in [5, 5.41) is 3.03. The van der Waals surface area contributed by atoms with E-state index in [2.05, 4.69) is 10.0 Å². The van der Waals surface area contributed by atoms with Gasteiger partial charge in [-0.15, -0.1) is 0 Å². The van der Waals surface area contributed by atoms with Crippen molar-refractivity contribution >= 4 is 21.6 Å². The van der Waals surface area contributed by atoms with Crippen molar-refractivity contribution < 1.29 is 17.9 Å². The van der Waals surface area contributed by atoms with Gasteiger partial charge in [0, 0.05) is 5.56 Å². The van der Waals surface area contributed by atoms with E-state index in [1.165, 1.54) is 6.07 Å². The van der Waals surface area contributed by atoms with Crippen molar-refractivity contribution in [3.63, 3.8) is 0 Å². The number of amides is 1. The van der Waals surface area contributed by atoms with Crippen LogP contribution in [-0.4, -0.2) is 21.4 Å². The Morgan fingerprint density at radius 1 is 0.941 bits per heavy atom. The summed E-state index contributed by atoms with van der Waals surface area (Å²) >= 11 is 0. The number of hydrogen-bond acceptors (Lipinski definition) is 4. The third kappa shape index (κ3) is 5.42. The zero-order chi connectivity index (χ0) is 25.0. The monoisotopic (exact) mass is 480 g/mol. The number of nitrogens with one attached hydrogen (secondary N) is 2. The number of carbonyl (C=O) groups excluding carboxylic acids is 1. The van der Waals surface area contributed by atoms with E-state index < -0.39 is 10.0 Å². The summed E-state index contributed by atoms with van der Waals surface area (Å²) in [5.41, 5.74) is 5.17. The molecule has 0 aliphatic heterocycles. The van der Waals surface area contributed by atoms with Gasteiger partial charge >= 0.3 is 0 Å². The second-order valence-electron chi connectivity index (χ2n) is 8.50. The van der Waals surface area contributed by atoms with Crippen LogP contribution in [0.4, 0.5) is 5.69 Å². The van der Waals surface area contributed by atoms with Gasteiger partial charge in [0.15, 0.2) is 0 Å². The fraction of sp³-hybridized carbons (Fsp3) is 0.296. The highest BCUT2D eigenvalue weighted by atomic mass is 32.2. The van der Waals surface area contributed by atoms with E-state index in [-0.39, 0.29) is 22.4 Å². The Labute approximate surface area is 202 Å². The van der Waals surface area contributed by atoms with Crippen LogP contribution in [0.25, 0.3) is 0 Å². The number of anilines is 1. The molecule has 3 rings (SSSR count). The maximum atomic E-state index is 13.2. The van der Waals surface area contributed by atoms with Crippen LogP contribution in [-0.2, 0) is 10.0 Å². The largest absolute Gasteiger partial charge is 0.496 e. The molecule has 0 saturated carbocycles. The fourth-order valence-electron chi connectivity index (χ4n) is 3.87. The van der Waals surface area contributed by atoms with Crippen LogP contribution in [0, 0.1) is 27.7 Å². The molecule has 0 saturated heterocycles. The Hall–Kier alpha value is -3.32. The van der Waals surface area contributed by atoms with Crippen LogP contribution in [0.3, 0.4) is 0 Å². The van der Waals surface area contributed by atoms with Crippen molar-refractivity contribution in [1.29, 1.82) is 0 Å². The smallest absolute Gasteiger partial charge is 0.262 e. The average molecular weight is 481 g/mol. The Bertz CT molecular complexity index is 1320. The van der Waals surface area contributed by atoms with Crippen molar-refractivity contribution in [2.45, 2.75) is 52.0 Å².